The summed E-state index contributed by atoms with van der Waals surface area (Å²) in [6.45, 7) is 3.97. The predicted octanol–water partition coefficient (Wildman–Crippen LogP) is 0.305. The molecule has 0 rings (SSSR count). The van der Waals surface area contributed by atoms with E-state index in [0.717, 1.165) is 0 Å². The lowest BCUT2D eigenvalue weighted by atomic mass is 10.5. The van der Waals surface area contributed by atoms with Crippen LogP contribution in [0.3, 0.4) is 0 Å². The summed E-state index contributed by atoms with van der Waals surface area (Å²) in [5.41, 5.74) is 0. The quantitative estimate of drug-likeness (QED) is 0.614. The zero-order valence-electron chi connectivity index (χ0n) is 6.33. The Balaban J connectivity index is 4.26. The highest BCUT2D eigenvalue weighted by molar-refractivity contribution is 7.52. The van der Waals surface area contributed by atoms with E-state index < -0.39 is 12.9 Å². The van der Waals surface area contributed by atoms with Gasteiger partial charge in [0.25, 0.3) is 0 Å². The van der Waals surface area contributed by atoms with Gasteiger partial charge in [0.2, 0.25) is 0 Å². The summed E-state index contributed by atoms with van der Waals surface area (Å²) in [6.07, 6.45) is 0. The zero-order chi connectivity index (χ0) is 8.41. The molecule has 1 N–H and O–H groups in total. The Morgan fingerprint density at radius 1 is 1.70 bits per heavy atom. The van der Waals surface area contributed by atoms with Crippen molar-refractivity contribution < 1.29 is 19.1 Å². The molecule has 0 radical (unpaired) electrons. The lowest BCUT2D eigenvalue weighted by molar-refractivity contribution is -0.213. The van der Waals surface area contributed by atoms with Gasteiger partial charge in [-0.3, -0.25) is 0 Å². The molecule has 0 aliphatic rings. The van der Waals surface area contributed by atoms with Gasteiger partial charge < -0.3 is 19.1 Å². The van der Waals surface area contributed by atoms with E-state index in [1.54, 1.807) is 6.92 Å². The van der Waals surface area contributed by atoms with E-state index in [1.165, 1.54) is 13.8 Å². The first kappa shape index (κ1) is 10.1. The lowest BCUT2D eigenvalue weighted by Crippen LogP contribution is -2.27. The van der Waals surface area contributed by atoms with Gasteiger partial charge in [-0.2, -0.15) is 0 Å². The van der Waals surface area contributed by atoms with Crippen LogP contribution in [0.2, 0.25) is 0 Å². The van der Waals surface area contributed by atoms with Gasteiger partial charge in [0.15, 0.2) is 7.60 Å². The molecule has 0 aliphatic heterocycles. The maximum atomic E-state index is 10.8. The van der Waals surface area contributed by atoms with E-state index in [1.807, 2.05) is 0 Å². The van der Waals surface area contributed by atoms with Gasteiger partial charge in [-0.25, -0.2) is 0 Å². The molecule has 0 aromatic heterocycles. The third-order valence-electron chi connectivity index (χ3n) is 0.969. The molecule has 0 bridgehead atoms. The molecule has 0 saturated carbocycles. The summed E-state index contributed by atoms with van der Waals surface area (Å²) in [6, 6.07) is 0. The molecule has 5 heteroatoms. The molecule has 1 unspecified atom stereocenters. The Kier molecular flexibility index (Phi) is 3.04. The highest BCUT2D eigenvalue weighted by Gasteiger charge is 2.28. The van der Waals surface area contributed by atoms with Gasteiger partial charge in [0, 0.05) is 0 Å². The summed E-state index contributed by atoms with van der Waals surface area (Å²) in [4.78, 5) is 10.8. The summed E-state index contributed by atoms with van der Waals surface area (Å²) in [5.74, 6) is 0. The van der Waals surface area contributed by atoms with E-state index in [4.69, 9.17) is 5.11 Å². The Morgan fingerprint density at radius 3 is 2.20 bits per heavy atom. The van der Waals surface area contributed by atoms with Gasteiger partial charge in [-0.15, -0.1) is 0 Å². The molecule has 0 fully saturated rings. The van der Waals surface area contributed by atoms with Crippen molar-refractivity contribution in [1.82, 2.24) is 0 Å². The Bertz CT molecular complexity index is 148. The molecular weight excluding hydrogens is 155 g/mol. The maximum Gasteiger partial charge on any atom is 0.165 e. The Labute approximate surface area is 60.4 Å². The van der Waals surface area contributed by atoms with Gasteiger partial charge in [-0.1, -0.05) is 0 Å². The number of hydrogen-bond acceptors (Lipinski definition) is 4. The average Bonchev–Trinajstić information content (AvgIpc) is 1.61. The normalized spacial score (nSPS) is 18.5. The first-order valence-corrected chi connectivity index (χ1v) is 4.53. The minimum Gasteiger partial charge on any atom is -0.776 e. The van der Waals surface area contributed by atoms with Gasteiger partial charge >= 0.3 is 0 Å². The number of aliphatic hydroxyl groups is 1. The Hall–Kier alpha value is 0.110. The highest BCUT2D eigenvalue weighted by atomic mass is 31.2. The van der Waals surface area contributed by atoms with Crippen LogP contribution in [0.1, 0.15) is 20.8 Å². The standard InChI is InChI=1S/C5H13O4P/c1-4-9-10(7,8)5(2,3)6/h6H,4H2,1-3H3,(H,7,8)/p-1. The molecule has 0 aliphatic carbocycles. The van der Waals surface area contributed by atoms with Crippen molar-refractivity contribution in [3.05, 3.63) is 0 Å². The molecule has 0 heterocycles. The largest absolute Gasteiger partial charge is 0.776 e. The molecule has 0 spiro atoms. The van der Waals surface area contributed by atoms with E-state index in [2.05, 4.69) is 4.52 Å². The van der Waals surface area contributed by atoms with Crippen molar-refractivity contribution in [1.29, 1.82) is 0 Å². The second-order valence-corrected chi connectivity index (χ2v) is 4.76. The fraction of sp³-hybridized carbons (Fsp3) is 1.00. The molecule has 10 heavy (non-hydrogen) atoms. The molecule has 0 saturated heterocycles. The summed E-state index contributed by atoms with van der Waals surface area (Å²) < 4.78 is 15.2. The van der Waals surface area contributed by atoms with Crippen LogP contribution in [0, 0.1) is 0 Å². The molecule has 4 nitrogen and oxygen atoms in total. The van der Waals surface area contributed by atoms with E-state index >= 15 is 0 Å². The van der Waals surface area contributed by atoms with Gasteiger partial charge in [0.1, 0.15) is 5.34 Å². The van der Waals surface area contributed by atoms with Crippen LogP contribution < -0.4 is 4.89 Å². The van der Waals surface area contributed by atoms with Gasteiger partial charge in [0.05, 0.1) is 6.61 Å². The maximum absolute atomic E-state index is 10.8. The van der Waals surface area contributed by atoms with Crippen molar-refractivity contribution in [2.45, 2.75) is 26.1 Å². The van der Waals surface area contributed by atoms with Crippen LogP contribution in [0.25, 0.3) is 0 Å². The number of rotatable bonds is 3. The van der Waals surface area contributed by atoms with Crippen LogP contribution in [0.5, 0.6) is 0 Å². The van der Waals surface area contributed by atoms with Crippen LogP contribution in [-0.2, 0) is 9.09 Å². The van der Waals surface area contributed by atoms with Crippen molar-refractivity contribution in [3.63, 3.8) is 0 Å². The van der Waals surface area contributed by atoms with Crippen LogP contribution in [0.15, 0.2) is 0 Å². The fourth-order valence-corrected chi connectivity index (χ4v) is 0.984. The topological polar surface area (TPSA) is 69.6 Å². The SMILES string of the molecule is CCOP(=O)([O-])C(C)(C)O. The van der Waals surface area contributed by atoms with Crippen LogP contribution in [0.4, 0.5) is 0 Å². The van der Waals surface area contributed by atoms with Crippen molar-refractivity contribution in [2.24, 2.45) is 0 Å². The summed E-state index contributed by atoms with van der Waals surface area (Å²) in [7, 11) is -4.07. The molecule has 0 aromatic carbocycles. The summed E-state index contributed by atoms with van der Waals surface area (Å²) in [5, 5.41) is 7.20. The van der Waals surface area contributed by atoms with Crippen LogP contribution >= 0.6 is 7.60 Å². The van der Waals surface area contributed by atoms with Crippen molar-refractivity contribution in [2.75, 3.05) is 6.61 Å². The first-order valence-electron chi connectivity index (χ1n) is 2.99. The third-order valence-corrected chi connectivity index (χ3v) is 2.91. The minimum absolute atomic E-state index is 0.0603. The molecule has 1 atom stereocenters. The second kappa shape index (κ2) is 3.01. The monoisotopic (exact) mass is 167 g/mol. The van der Waals surface area contributed by atoms with Crippen molar-refractivity contribution in [3.8, 4) is 0 Å². The number of hydrogen-bond donors (Lipinski definition) is 1. The fourth-order valence-electron chi connectivity index (χ4n) is 0.328. The molecule has 0 amide bonds. The van der Waals surface area contributed by atoms with Crippen LogP contribution in [-0.4, -0.2) is 17.1 Å². The van der Waals surface area contributed by atoms with E-state index in [-0.39, 0.29) is 6.61 Å². The summed E-state index contributed by atoms with van der Waals surface area (Å²) >= 11 is 0. The zero-order valence-corrected chi connectivity index (χ0v) is 7.22. The first-order chi connectivity index (χ1) is 4.31. The third kappa shape index (κ3) is 2.39. The molecule has 0 aromatic rings. The predicted molar refractivity (Wildman–Crippen MR) is 35.5 cm³/mol. The molecular formula is C5H12O4P-. The van der Waals surface area contributed by atoms with Gasteiger partial charge in [-0.05, 0) is 20.8 Å². The average molecular weight is 167 g/mol. The lowest BCUT2D eigenvalue weighted by Gasteiger charge is -2.33. The van der Waals surface area contributed by atoms with E-state index in [9.17, 15) is 9.46 Å². The highest BCUT2D eigenvalue weighted by Crippen LogP contribution is 2.48. The molecule has 62 valence electrons. The minimum atomic E-state index is -4.07. The smallest absolute Gasteiger partial charge is 0.165 e. The van der Waals surface area contributed by atoms with E-state index in [0.29, 0.717) is 0 Å². The second-order valence-electron chi connectivity index (χ2n) is 2.41. The Morgan fingerprint density at radius 2 is 2.10 bits per heavy atom. The van der Waals surface area contributed by atoms with Crippen molar-refractivity contribution >= 4 is 7.60 Å².